The lowest BCUT2D eigenvalue weighted by molar-refractivity contribution is 0.293. The van der Waals surface area contributed by atoms with E-state index in [1.54, 1.807) is 13.2 Å². The van der Waals surface area contributed by atoms with E-state index in [-0.39, 0.29) is 11.9 Å². The van der Waals surface area contributed by atoms with Crippen LogP contribution in [0.1, 0.15) is 17.3 Å². The van der Waals surface area contributed by atoms with E-state index >= 15 is 0 Å². The van der Waals surface area contributed by atoms with E-state index in [1.807, 2.05) is 18.2 Å². The van der Waals surface area contributed by atoms with Crippen LogP contribution in [0.5, 0.6) is 5.75 Å². The third-order valence-corrected chi connectivity index (χ3v) is 5.14. The normalized spacial score (nSPS) is 15.9. The number of rotatable bonds is 3. The summed E-state index contributed by atoms with van der Waals surface area (Å²) in [5.41, 5.74) is 2.95. The number of ether oxygens (including phenoxy) is 1. The summed E-state index contributed by atoms with van der Waals surface area (Å²) in [5.74, 6) is 0.527. The monoisotopic (exact) mass is 381 g/mol. The molecule has 2 heterocycles. The first-order valence-corrected chi connectivity index (χ1v) is 9.19. The highest BCUT2D eigenvalue weighted by Crippen LogP contribution is 2.33. The standard InChI is InChI=1S/C21H20FN3OS/c1-26-18-9-7-15(8-10-18)20-19-6-3-11-24(19)12-13-25(20)21(27)23-17-5-2-4-16(22)14-17/h2-11,14,20H,12-13H2,1H3,(H,23,27). The Labute approximate surface area is 163 Å². The Bertz CT molecular complexity index is 954. The number of hydrogen-bond donors (Lipinski definition) is 1. The van der Waals surface area contributed by atoms with Crippen LogP contribution in [-0.2, 0) is 6.54 Å². The number of thiocarbonyl (C=S) groups is 1. The largest absolute Gasteiger partial charge is 0.497 e. The molecule has 1 aliphatic rings. The molecule has 4 nitrogen and oxygen atoms in total. The van der Waals surface area contributed by atoms with E-state index in [0.717, 1.165) is 24.4 Å². The SMILES string of the molecule is COc1ccc(C2c3cccn3CCN2C(=S)Nc2cccc(F)c2)cc1. The van der Waals surface area contributed by atoms with Gasteiger partial charge in [0.1, 0.15) is 11.6 Å². The molecule has 0 amide bonds. The Morgan fingerprint density at radius 3 is 2.67 bits per heavy atom. The number of fused-ring (bicyclic) bond motifs is 1. The average molecular weight is 381 g/mol. The molecule has 1 aliphatic heterocycles. The summed E-state index contributed by atoms with van der Waals surface area (Å²) in [6.45, 7) is 1.61. The second kappa shape index (κ2) is 7.40. The molecular formula is C21H20FN3OS. The molecule has 1 atom stereocenters. The van der Waals surface area contributed by atoms with E-state index in [9.17, 15) is 4.39 Å². The van der Waals surface area contributed by atoms with Crippen molar-refractivity contribution in [2.45, 2.75) is 12.6 Å². The number of nitrogens with zero attached hydrogens (tertiary/aromatic N) is 2. The number of hydrogen-bond acceptors (Lipinski definition) is 2. The number of benzene rings is 2. The molecule has 0 saturated carbocycles. The van der Waals surface area contributed by atoms with Gasteiger partial charge in [-0.3, -0.25) is 0 Å². The minimum Gasteiger partial charge on any atom is -0.497 e. The molecule has 0 radical (unpaired) electrons. The third kappa shape index (κ3) is 3.53. The first kappa shape index (κ1) is 17.5. The number of halogens is 1. The van der Waals surface area contributed by atoms with Gasteiger partial charge in [-0.05, 0) is 60.2 Å². The van der Waals surface area contributed by atoms with E-state index in [0.29, 0.717) is 10.8 Å². The van der Waals surface area contributed by atoms with Crippen LogP contribution in [0.15, 0.2) is 66.9 Å². The molecule has 3 aromatic rings. The van der Waals surface area contributed by atoms with Gasteiger partial charge in [-0.1, -0.05) is 18.2 Å². The zero-order valence-electron chi connectivity index (χ0n) is 14.9. The van der Waals surface area contributed by atoms with Crippen molar-refractivity contribution in [1.82, 2.24) is 9.47 Å². The van der Waals surface area contributed by atoms with E-state index in [4.69, 9.17) is 17.0 Å². The van der Waals surface area contributed by atoms with E-state index < -0.39 is 0 Å². The van der Waals surface area contributed by atoms with Gasteiger partial charge in [-0.2, -0.15) is 0 Å². The van der Waals surface area contributed by atoms with Gasteiger partial charge in [0.05, 0.1) is 13.2 Å². The van der Waals surface area contributed by atoms with Crippen molar-refractivity contribution in [1.29, 1.82) is 0 Å². The zero-order valence-corrected chi connectivity index (χ0v) is 15.7. The van der Waals surface area contributed by atoms with Gasteiger partial charge in [-0.15, -0.1) is 0 Å². The first-order valence-electron chi connectivity index (χ1n) is 8.78. The quantitative estimate of drug-likeness (QED) is 0.680. The van der Waals surface area contributed by atoms with Crippen LogP contribution in [0.25, 0.3) is 0 Å². The molecular weight excluding hydrogens is 361 g/mol. The minimum atomic E-state index is -0.290. The van der Waals surface area contributed by atoms with Crippen LogP contribution in [-0.4, -0.2) is 28.2 Å². The highest BCUT2D eigenvalue weighted by atomic mass is 32.1. The van der Waals surface area contributed by atoms with Crippen molar-refractivity contribution in [3.8, 4) is 5.75 Å². The lowest BCUT2D eigenvalue weighted by atomic mass is 10.00. The van der Waals surface area contributed by atoms with Crippen molar-refractivity contribution in [2.75, 3.05) is 19.0 Å². The molecule has 4 rings (SSSR count). The van der Waals surface area contributed by atoms with Crippen molar-refractivity contribution in [3.63, 3.8) is 0 Å². The molecule has 0 saturated heterocycles. The Morgan fingerprint density at radius 1 is 1.11 bits per heavy atom. The van der Waals surface area contributed by atoms with E-state index in [1.165, 1.54) is 17.8 Å². The summed E-state index contributed by atoms with van der Waals surface area (Å²) in [5, 5.41) is 3.76. The maximum Gasteiger partial charge on any atom is 0.174 e. The van der Waals surface area contributed by atoms with Gasteiger partial charge in [0.25, 0.3) is 0 Å². The molecule has 1 aromatic heterocycles. The smallest absolute Gasteiger partial charge is 0.174 e. The van der Waals surface area contributed by atoms with Gasteiger partial charge in [0, 0.05) is 30.7 Å². The number of methoxy groups -OCH3 is 1. The lowest BCUT2D eigenvalue weighted by Gasteiger charge is -2.39. The topological polar surface area (TPSA) is 29.4 Å². The fourth-order valence-electron chi connectivity index (χ4n) is 3.50. The molecule has 27 heavy (non-hydrogen) atoms. The van der Waals surface area contributed by atoms with Gasteiger partial charge in [0.2, 0.25) is 0 Å². The fraction of sp³-hybridized carbons (Fsp3) is 0.190. The molecule has 1 N–H and O–H groups in total. The minimum absolute atomic E-state index is 0.0202. The summed E-state index contributed by atoms with van der Waals surface area (Å²) in [4.78, 5) is 2.15. The van der Waals surface area contributed by atoms with Crippen molar-refractivity contribution < 1.29 is 9.13 Å². The third-order valence-electron chi connectivity index (χ3n) is 4.81. The average Bonchev–Trinajstić information content (AvgIpc) is 3.16. The summed E-state index contributed by atoms with van der Waals surface area (Å²) < 4.78 is 21.0. The predicted octanol–water partition coefficient (Wildman–Crippen LogP) is 4.44. The summed E-state index contributed by atoms with van der Waals surface area (Å²) >= 11 is 5.69. The fourth-order valence-corrected chi connectivity index (χ4v) is 3.82. The number of nitrogens with one attached hydrogen (secondary N) is 1. The highest BCUT2D eigenvalue weighted by Gasteiger charge is 2.30. The Balaban J connectivity index is 1.66. The summed E-state index contributed by atoms with van der Waals surface area (Å²) in [7, 11) is 1.66. The van der Waals surface area contributed by atoms with Crippen LogP contribution in [0, 0.1) is 5.82 Å². The van der Waals surface area contributed by atoms with Crippen LogP contribution >= 0.6 is 12.2 Å². The second-order valence-corrected chi connectivity index (χ2v) is 6.82. The zero-order chi connectivity index (χ0) is 18.8. The van der Waals surface area contributed by atoms with E-state index in [2.05, 4.69) is 45.2 Å². The molecule has 0 fully saturated rings. The number of aromatic nitrogens is 1. The molecule has 138 valence electrons. The second-order valence-electron chi connectivity index (χ2n) is 6.44. The molecule has 2 aromatic carbocycles. The molecule has 0 bridgehead atoms. The Kier molecular flexibility index (Phi) is 4.81. The molecule has 0 aliphatic carbocycles. The maximum atomic E-state index is 13.5. The van der Waals surface area contributed by atoms with Gasteiger partial charge >= 0.3 is 0 Å². The van der Waals surface area contributed by atoms with Crippen molar-refractivity contribution >= 4 is 23.0 Å². The van der Waals surface area contributed by atoms with Crippen LogP contribution in [0.4, 0.5) is 10.1 Å². The van der Waals surface area contributed by atoms with Crippen LogP contribution in [0.3, 0.4) is 0 Å². The molecule has 0 spiro atoms. The van der Waals surface area contributed by atoms with Gasteiger partial charge in [-0.25, -0.2) is 4.39 Å². The highest BCUT2D eigenvalue weighted by molar-refractivity contribution is 7.80. The van der Waals surface area contributed by atoms with Crippen LogP contribution in [0.2, 0.25) is 0 Å². The summed E-state index contributed by atoms with van der Waals surface area (Å²) in [6, 6.07) is 18.5. The van der Waals surface area contributed by atoms with Crippen LogP contribution < -0.4 is 10.1 Å². The first-order chi connectivity index (χ1) is 13.2. The van der Waals surface area contributed by atoms with Crippen molar-refractivity contribution in [3.05, 3.63) is 83.9 Å². The predicted molar refractivity (Wildman–Crippen MR) is 109 cm³/mol. The van der Waals surface area contributed by atoms with Gasteiger partial charge < -0.3 is 19.5 Å². The Hall–Kier alpha value is -2.86. The van der Waals surface area contributed by atoms with Gasteiger partial charge in [0.15, 0.2) is 5.11 Å². The maximum absolute atomic E-state index is 13.5. The summed E-state index contributed by atoms with van der Waals surface area (Å²) in [6.07, 6.45) is 2.09. The lowest BCUT2D eigenvalue weighted by Crippen LogP contribution is -2.44. The number of anilines is 1. The molecule has 6 heteroatoms. The molecule has 1 unspecified atom stereocenters. The Morgan fingerprint density at radius 2 is 1.93 bits per heavy atom. The van der Waals surface area contributed by atoms with Crippen molar-refractivity contribution in [2.24, 2.45) is 0 Å².